The SMILES string of the molecule is CO[C@H]1C[C@@H](CO)N(CC(=O)NCC(F)(F)F)C1. The van der Waals surface area contributed by atoms with Crippen molar-refractivity contribution >= 4 is 5.91 Å². The number of aliphatic hydroxyl groups excluding tert-OH is 1. The van der Waals surface area contributed by atoms with Crippen LogP contribution >= 0.6 is 0 Å². The fourth-order valence-electron chi connectivity index (χ4n) is 1.93. The van der Waals surface area contributed by atoms with Gasteiger partial charge in [0.2, 0.25) is 5.91 Å². The van der Waals surface area contributed by atoms with E-state index in [0.717, 1.165) is 0 Å². The Hall–Kier alpha value is -0.860. The Morgan fingerprint density at radius 2 is 2.22 bits per heavy atom. The fourth-order valence-corrected chi connectivity index (χ4v) is 1.93. The van der Waals surface area contributed by atoms with Gasteiger partial charge in [0.05, 0.1) is 19.3 Å². The molecular weight excluding hydrogens is 253 g/mol. The summed E-state index contributed by atoms with van der Waals surface area (Å²) in [6, 6.07) is -0.244. The van der Waals surface area contributed by atoms with Gasteiger partial charge in [0.1, 0.15) is 6.54 Å². The van der Waals surface area contributed by atoms with Crippen LogP contribution in [0.25, 0.3) is 0 Å². The Balaban J connectivity index is 2.39. The number of carbonyl (C=O) groups is 1. The molecule has 18 heavy (non-hydrogen) atoms. The molecule has 0 saturated carbocycles. The van der Waals surface area contributed by atoms with Crippen LogP contribution in [-0.4, -0.2) is 67.6 Å². The van der Waals surface area contributed by atoms with Gasteiger partial charge in [-0.05, 0) is 6.42 Å². The summed E-state index contributed by atoms with van der Waals surface area (Å²) in [6.45, 7) is -1.22. The van der Waals surface area contributed by atoms with Gasteiger partial charge in [0.25, 0.3) is 0 Å². The lowest BCUT2D eigenvalue weighted by atomic mass is 10.2. The van der Waals surface area contributed by atoms with Crippen LogP contribution in [0.4, 0.5) is 13.2 Å². The molecule has 0 unspecified atom stereocenters. The molecule has 1 rings (SSSR count). The molecule has 0 aromatic carbocycles. The number of carbonyl (C=O) groups excluding carboxylic acids is 1. The smallest absolute Gasteiger partial charge is 0.395 e. The topological polar surface area (TPSA) is 61.8 Å². The third-order valence-electron chi connectivity index (χ3n) is 2.87. The molecule has 0 aromatic heterocycles. The highest BCUT2D eigenvalue weighted by molar-refractivity contribution is 5.78. The second kappa shape index (κ2) is 6.35. The zero-order valence-electron chi connectivity index (χ0n) is 10.0. The number of rotatable bonds is 5. The maximum atomic E-state index is 11.9. The number of amides is 1. The highest BCUT2D eigenvalue weighted by Crippen LogP contribution is 2.19. The normalized spacial score (nSPS) is 25.4. The lowest BCUT2D eigenvalue weighted by Crippen LogP contribution is -2.43. The second-order valence-corrected chi connectivity index (χ2v) is 4.25. The molecule has 1 aliphatic heterocycles. The quantitative estimate of drug-likeness (QED) is 0.723. The Bertz CT molecular complexity index is 286. The van der Waals surface area contributed by atoms with E-state index < -0.39 is 18.6 Å². The lowest BCUT2D eigenvalue weighted by molar-refractivity contribution is -0.139. The van der Waals surface area contributed by atoms with Crippen LogP contribution in [0.2, 0.25) is 0 Å². The summed E-state index contributed by atoms with van der Waals surface area (Å²) < 4.78 is 40.8. The molecule has 0 spiro atoms. The van der Waals surface area contributed by atoms with Crippen molar-refractivity contribution in [2.75, 3.05) is 33.4 Å². The van der Waals surface area contributed by atoms with Gasteiger partial charge in [0.15, 0.2) is 0 Å². The highest BCUT2D eigenvalue weighted by atomic mass is 19.4. The molecule has 1 heterocycles. The van der Waals surface area contributed by atoms with Gasteiger partial charge in [-0.25, -0.2) is 0 Å². The number of nitrogens with zero attached hydrogens (tertiary/aromatic N) is 1. The predicted octanol–water partition coefficient (Wildman–Crippen LogP) is -0.254. The van der Waals surface area contributed by atoms with Crippen LogP contribution in [0.5, 0.6) is 0 Å². The predicted molar refractivity (Wildman–Crippen MR) is 56.9 cm³/mol. The Kier molecular flexibility index (Phi) is 5.36. The minimum atomic E-state index is -4.41. The van der Waals surface area contributed by atoms with Gasteiger partial charge in [0, 0.05) is 19.7 Å². The van der Waals surface area contributed by atoms with Crippen molar-refractivity contribution in [3.8, 4) is 0 Å². The van der Waals surface area contributed by atoms with E-state index in [1.165, 1.54) is 7.11 Å². The van der Waals surface area contributed by atoms with Gasteiger partial charge in [-0.1, -0.05) is 0 Å². The third kappa shape index (κ3) is 4.79. The van der Waals surface area contributed by atoms with Gasteiger partial charge >= 0.3 is 6.18 Å². The number of nitrogens with one attached hydrogen (secondary N) is 1. The van der Waals surface area contributed by atoms with E-state index in [-0.39, 0.29) is 25.3 Å². The Morgan fingerprint density at radius 3 is 2.72 bits per heavy atom. The average Bonchev–Trinajstić information content (AvgIpc) is 2.68. The van der Waals surface area contributed by atoms with Gasteiger partial charge in [-0.2, -0.15) is 13.2 Å². The molecular formula is C10H17F3N2O3. The number of aliphatic hydroxyl groups is 1. The number of alkyl halides is 3. The van der Waals surface area contributed by atoms with Crippen LogP contribution in [0.3, 0.4) is 0 Å². The number of likely N-dealkylation sites (tertiary alicyclic amines) is 1. The summed E-state index contributed by atoms with van der Waals surface area (Å²) in [7, 11) is 1.52. The summed E-state index contributed by atoms with van der Waals surface area (Å²) in [5.74, 6) is -0.706. The van der Waals surface area contributed by atoms with E-state index in [1.54, 1.807) is 10.2 Å². The molecule has 8 heteroatoms. The number of hydrogen-bond acceptors (Lipinski definition) is 4. The second-order valence-electron chi connectivity index (χ2n) is 4.25. The van der Waals surface area contributed by atoms with Crippen molar-refractivity contribution < 1.29 is 27.8 Å². The minimum Gasteiger partial charge on any atom is -0.395 e. The largest absolute Gasteiger partial charge is 0.405 e. The van der Waals surface area contributed by atoms with Gasteiger partial charge < -0.3 is 15.2 Å². The molecule has 0 aromatic rings. The summed E-state index contributed by atoms with van der Waals surface area (Å²) in [6.07, 6.45) is -3.94. The molecule has 2 N–H and O–H groups in total. The zero-order chi connectivity index (χ0) is 13.8. The maximum absolute atomic E-state index is 11.9. The first-order valence-corrected chi connectivity index (χ1v) is 5.57. The molecule has 106 valence electrons. The van der Waals surface area contributed by atoms with Crippen LogP contribution in [0.15, 0.2) is 0 Å². The van der Waals surface area contributed by atoms with Crippen LogP contribution in [0.1, 0.15) is 6.42 Å². The molecule has 1 amide bonds. The summed E-state index contributed by atoms with van der Waals surface area (Å²) in [4.78, 5) is 13.0. The van der Waals surface area contributed by atoms with Crippen molar-refractivity contribution in [3.63, 3.8) is 0 Å². The third-order valence-corrected chi connectivity index (χ3v) is 2.87. The van der Waals surface area contributed by atoms with Gasteiger partial charge in [-0.15, -0.1) is 0 Å². The monoisotopic (exact) mass is 270 g/mol. The van der Waals surface area contributed by atoms with E-state index >= 15 is 0 Å². The van der Waals surface area contributed by atoms with E-state index in [1.807, 2.05) is 0 Å². The fraction of sp³-hybridized carbons (Fsp3) is 0.900. The number of hydrogen-bond donors (Lipinski definition) is 2. The molecule has 0 bridgehead atoms. The number of halogens is 3. The van der Waals surface area contributed by atoms with Crippen molar-refractivity contribution in [1.29, 1.82) is 0 Å². The van der Waals surface area contributed by atoms with Crippen LogP contribution < -0.4 is 5.32 Å². The average molecular weight is 270 g/mol. The highest BCUT2D eigenvalue weighted by Gasteiger charge is 2.33. The first-order valence-electron chi connectivity index (χ1n) is 5.57. The van der Waals surface area contributed by atoms with E-state index in [4.69, 9.17) is 9.84 Å². The minimum absolute atomic E-state index is 0.0995. The van der Waals surface area contributed by atoms with Crippen LogP contribution in [-0.2, 0) is 9.53 Å². The van der Waals surface area contributed by atoms with Crippen molar-refractivity contribution in [2.24, 2.45) is 0 Å². The zero-order valence-corrected chi connectivity index (χ0v) is 10.0. The summed E-state index contributed by atoms with van der Waals surface area (Å²) >= 11 is 0. The molecule has 0 aliphatic carbocycles. The van der Waals surface area contributed by atoms with Crippen molar-refractivity contribution in [3.05, 3.63) is 0 Å². The van der Waals surface area contributed by atoms with Gasteiger partial charge in [-0.3, -0.25) is 9.69 Å². The van der Waals surface area contributed by atoms with Crippen LogP contribution in [0, 0.1) is 0 Å². The molecule has 2 atom stereocenters. The number of ether oxygens (including phenoxy) is 1. The molecule has 1 fully saturated rings. The molecule has 5 nitrogen and oxygen atoms in total. The van der Waals surface area contributed by atoms with Crippen molar-refractivity contribution in [2.45, 2.75) is 24.7 Å². The van der Waals surface area contributed by atoms with Crippen molar-refractivity contribution in [1.82, 2.24) is 10.2 Å². The molecule has 1 saturated heterocycles. The Labute approximate surface area is 103 Å². The Morgan fingerprint density at radius 1 is 1.56 bits per heavy atom. The first-order chi connectivity index (χ1) is 8.35. The lowest BCUT2D eigenvalue weighted by Gasteiger charge is -2.21. The van der Waals surface area contributed by atoms with E-state index in [0.29, 0.717) is 13.0 Å². The summed E-state index contributed by atoms with van der Waals surface area (Å²) in [5, 5.41) is 10.9. The first kappa shape index (κ1) is 15.2. The maximum Gasteiger partial charge on any atom is 0.405 e. The molecule has 0 radical (unpaired) electrons. The van der Waals surface area contributed by atoms with E-state index in [9.17, 15) is 18.0 Å². The standard InChI is InChI=1S/C10H17F3N2O3/c1-18-8-2-7(5-16)15(3-8)4-9(17)14-6-10(11,12)13/h7-8,16H,2-6H2,1H3,(H,14,17)/t7-,8-/m0/s1. The summed E-state index contributed by atoms with van der Waals surface area (Å²) in [5.41, 5.74) is 0. The van der Waals surface area contributed by atoms with E-state index in [2.05, 4.69) is 0 Å². The molecule has 1 aliphatic rings. The number of methoxy groups -OCH3 is 1.